The van der Waals surface area contributed by atoms with Crippen LogP contribution < -0.4 is 5.32 Å². The summed E-state index contributed by atoms with van der Waals surface area (Å²) in [4.78, 5) is 30.8. The number of carbonyl (C=O) groups is 2. The average molecular weight is 385 g/mol. The molecule has 0 atom stereocenters. The van der Waals surface area contributed by atoms with Crippen LogP contribution in [0.2, 0.25) is 0 Å². The molecule has 134 valence electrons. The van der Waals surface area contributed by atoms with Crippen molar-refractivity contribution in [3.8, 4) is 10.6 Å². The van der Waals surface area contributed by atoms with Gasteiger partial charge in [0.15, 0.2) is 5.78 Å². The molecule has 6 heteroatoms. The number of aromatic nitrogens is 1. The van der Waals surface area contributed by atoms with E-state index in [0.29, 0.717) is 12.1 Å². The zero-order valence-electron chi connectivity index (χ0n) is 14.5. The highest BCUT2D eigenvalue weighted by Gasteiger charge is 2.09. The van der Waals surface area contributed by atoms with Crippen molar-refractivity contribution in [1.29, 1.82) is 0 Å². The molecule has 4 nitrogen and oxygen atoms in total. The number of amides is 1. The van der Waals surface area contributed by atoms with Gasteiger partial charge >= 0.3 is 0 Å². The van der Waals surface area contributed by atoms with E-state index < -0.39 is 0 Å². The monoisotopic (exact) mass is 384 g/mol. The number of ketones is 1. The first-order chi connectivity index (χ1) is 12.6. The Morgan fingerprint density at radius 1 is 1.08 bits per heavy atom. The van der Waals surface area contributed by atoms with E-state index in [4.69, 9.17) is 0 Å². The molecule has 0 aliphatic rings. The predicted molar refractivity (Wildman–Crippen MR) is 107 cm³/mol. The Hall–Kier alpha value is -2.31. The van der Waals surface area contributed by atoms with Gasteiger partial charge in [-0.3, -0.25) is 9.59 Å². The van der Waals surface area contributed by atoms with Crippen molar-refractivity contribution in [2.24, 2.45) is 0 Å². The van der Waals surface area contributed by atoms with Crippen molar-refractivity contribution < 1.29 is 9.59 Å². The van der Waals surface area contributed by atoms with Crippen molar-refractivity contribution in [3.05, 3.63) is 63.3 Å². The molecular formula is C20H20N2O2S2. The first-order valence-electron chi connectivity index (χ1n) is 8.48. The number of hydrogen-bond donors (Lipinski definition) is 1. The average Bonchev–Trinajstić information content (AvgIpc) is 3.29. The summed E-state index contributed by atoms with van der Waals surface area (Å²) >= 11 is 3.35. The Morgan fingerprint density at radius 2 is 1.88 bits per heavy atom. The molecule has 0 unspecified atom stereocenters. The second kappa shape index (κ2) is 8.87. The normalized spacial score (nSPS) is 10.7. The molecule has 2 heterocycles. The van der Waals surface area contributed by atoms with Crippen LogP contribution in [0.5, 0.6) is 0 Å². The Bertz CT molecular complexity index is 884. The SMILES string of the molecule is Cc1nc(-c2ccc(CCNC(=O)CCC(=O)c3ccccc3)s2)cs1. The van der Waals surface area contributed by atoms with Gasteiger partial charge < -0.3 is 5.32 Å². The van der Waals surface area contributed by atoms with Crippen molar-refractivity contribution >= 4 is 34.4 Å². The zero-order valence-corrected chi connectivity index (χ0v) is 16.2. The van der Waals surface area contributed by atoms with E-state index >= 15 is 0 Å². The summed E-state index contributed by atoms with van der Waals surface area (Å²) in [5.41, 5.74) is 1.68. The maximum atomic E-state index is 12.0. The topological polar surface area (TPSA) is 59.1 Å². The third-order valence-electron chi connectivity index (χ3n) is 3.90. The fraction of sp³-hybridized carbons (Fsp3) is 0.250. The number of benzene rings is 1. The Balaban J connectivity index is 1.40. The van der Waals surface area contributed by atoms with Crippen LogP contribution in [0, 0.1) is 6.92 Å². The maximum Gasteiger partial charge on any atom is 0.220 e. The van der Waals surface area contributed by atoms with Gasteiger partial charge in [-0.05, 0) is 25.5 Å². The lowest BCUT2D eigenvalue weighted by molar-refractivity contribution is -0.121. The number of nitrogens with zero attached hydrogens (tertiary/aromatic N) is 1. The molecule has 3 rings (SSSR count). The number of thiazole rings is 1. The summed E-state index contributed by atoms with van der Waals surface area (Å²) in [6.45, 7) is 2.58. The smallest absolute Gasteiger partial charge is 0.220 e. The minimum Gasteiger partial charge on any atom is -0.356 e. The van der Waals surface area contributed by atoms with Crippen LogP contribution >= 0.6 is 22.7 Å². The van der Waals surface area contributed by atoms with E-state index in [0.717, 1.165) is 22.0 Å². The third-order valence-corrected chi connectivity index (χ3v) is 5.84. The van der Waals surface area contributed by atoms with E-state index in [2.05, 4.69) is 27.8 Å². The van der Waals surface area contributed by atoms with Crippen molar-refractivity contribution in [3.63, 3.8) is 0 Å². The van der Waals surface area contributed by atoms with Gasteiger partial charge in [0.2, 0.25) is 5.91 Å². The molecule has 0 aliphatic carbocycles. The molecular weight excluding hydrogens is 364 g/mol. The number of carbonyl (C=O) groups excluding carboxylic acids is 2. The third kappa shape index (κ3) is 5.09. The van der Waals surface area contributed by atoms with Crippen LogP contribution in [-0.2, 0) is 11.2 Å². The minimum absolute atomic E-state index is 0.00204. The second-order valence-corrected chi connectivity index (χ2v) is 8.14. The van der Waals surface area contributed by atoms with E-state index in [1.165, 1.54) is 4.88 Å². The highest BCUT2D eigenvalue weighted by molar-refractivity contribution is 7.16. The molecule has 0 spiro atoms. The van der Waals surface area contributed by atoms with Crippen molar-refractivity contribution in [2.75, 3.05) is 6.54 Å². The fourth-order valence-corrected chi connectivity index (χ4v) is 4.19. The van der Waals surface area contributed by atoms with Crippen LogP contribution in [0.3, 0.4) is 0 Å². The Morgan fingerprint density at radius 3 is 2.62 bits per heavy atom. The van der Waals surface area contributed by atoms with Gasteiger partial charge in [0, 0.05) is 35.2 Å². The molecule has 1 aromatic carbocycles. The molecule has 1 amide bonds. The van der Waals surface area contributed by atoms with Gasteiger partial charge in [0.25, 0.3) is 0 Å². The molecule has 2 aromatic heterocycles. The summed E-state index contributed by atoms with van der Waals surface area (Å²) in [6.07, 6.45) is 1.25. The number of Topliss-reactive ketones (excluding diaryl/α,β-unsaturated/α-hetero) is 1. The van der Waals surface area contributed by atoms with Crippen LogP contribution in [0.25, 0.3) is 10.6 Å². The summed E-state index contributed by atoms with van der Waals surface area (Å²) in [7, 11) is 0. The lowest BCUT2D eigenvalue weighted by Crippen LogP contribution is -2.25. The van der Waals surface area contributed by atoms with Crippen LogP contribution in [0.4, 0.5) is 0 Å². The van der Waals surface area contributed by atoms with Gasteiger partial charge in [-0.15, -0.1) is 22.7 Å². The molecule has 0 fully saturated rings. The van der Waals surface area contributed by atoms with E-state index in [1.807, 2.05) is 25.1 Å². The molecule has 0 bridgehead atoms. The lowest BCUT2D eigenvalue weighted by atomic mass is 10.1. The van der Waals surface area contributed by atoms with Crippen LogP contribution in [0.1, 0.15) is 33.1 Å². The van der Waals surface area contributed by atoms with E-state index in [-0.39, 0.29) is 24.5 Å². The summed E-state index contributed by atoms with van der Waals surface area (Å²) in [5.74, 6) is -0.0802. The molecule has 26 heavy (non-hydrogen) atoms. The predicted octanol–water partition coefficient (Wildman–Crippen LogP) is 4.50. The fourth-order valence-electron chi connectivity index (χ4n) is 2.54. The molecule has 0 saturated heterocycles. The van der Waals surface area contributed by atoms with E-state index in [1.54, 1.807) is 34.8 Å². The molecule has 1 N–H and O–H groups in total. The van der Waals surface area contributed by atoms with Crippen molar-refractivity contribution in [1.82, 2.24) is 10.3 Å². The van der Waals surface area contributed by atoms with E-state index in [9.17, 15) is 9.59 Å². The number of aryl methyl sites for hydroxylation is 1. The largest absolute Gasteiger partial charge is 0.356 e. The number of rotatable bonds is 8. The zero-order chi connectivity index (χ0) is 18.4. The van der Waals surface area contributed by atoms with Gasteiger partial charge in [-0.2, -0.15) is 0 Å². The van der Waals surface area contributed by atoms with Crippen molar-refractivity contribution in [2.45, 2.75) is 26.2 Å². The summed E-state index contributed by atoms with van der Waals surface area (Å²) < 4.78 is 0. The first kappa shape index (κ1) is 18.5. The van der Waals surface area contributed by atoms with Gasteiger partial charge in [-0.25, -0.2) is 4.98 Å². The van der Waals surface area contributed by atoms with Gasteiger partial charge in [0.1, 0.15) is 0 Å². The first-order valence-corrected chi connectivity index (χ1v) is 10.2. The Labute approximate surface area is 160 Å². The quantitative estimate of drug-likeness (QED) is 0.582. The maximum absolute atomic E-state index is 12.0. The molecule has 3 aromatic rings. The molecule has 0 aliphatic heterocycles. The number of hydrogen-bond acceptors (Lipinski definition) is 5. The standard InChI is InChI=1S/C20H20N2O2S2/c1-14-22-17(13-25-14)19-9-7-16(26-19)11-12-21-20(24)10-8-18(23)15-5-3-2-4-6-15/h2-7,9,13H,8,10-12H2,1H3,(H,21,24). The lowest BCUT2D eigenvalue weighted by Gasteiger charge is -2.04. The minimum atomic E-state index is -0.0822. The summed E-state index contributed by atoms with van der Waals surface area (Å²) in [6, 6.07) is 13.2. The Kier molecular flexibility index (Phi) is 6.30. The molecule has 0 saturated carbocycles. The second-order valence-electron chi connectivity index (χ2n) is 5.91. The summed E-state index contributed by atoms with van der Waals surface area (Å²) in [5, 5.41) is 6.02. The highest BCUT2D eigenvalue weighted by atomic mass is 32.1. The number of thiophene rings is 1. The highest BCUT2D eigenvalue weighted by Crippen LogP contribution is 2.29. The van der Waals surface area contributed by atoms with Gasteiger partial charge in [0.05, 0.1) is 15.6 Å². The van der Waals surface area contributed by atoms with Crippen LogP contribution in [-0.4, -0.2) is 23.2 Å². The van der Waals surface area contributed by atoms with Crippen LogP contribution in [0.15, 0.2) is 47.8 Å². The van der Waals surface area contributed by atoms with Gasteiger partial charge in [-0.1, -0.05) is 30.3 Å². The number of nitrogens with one attached hydrogen (secondary N) is 1. The molecule has 0 radical (unpaired) electrons.